The Labute approximate surface area is 176 Å². The first kappa shape index (κ1) is 19.9. The number of nitrogens with zero attached hydrogens (tertiary/aromatic N) is 1. The maximum atomic E-state index is 12.7. The van der Waals surface area contributed by atoms with Crippen molar-refractivity contribution in [2.75, 3.05) is 44.4 Å². The lowest BCUT2D eigenvalue weighted by molar-refractivity contribution is -0.123. The van der Waals surface area contributed by atoms with Gasteiger partial charge in [-0.05, 0) is 62.6 Å². The van der Waals surface area contributed by atoms with Crippen LogP contribution in [0.4, 0.5) is 11.4 Å². The molecule has 0 atom stereocenters. The monoisotopic (exact) mass is 413 g/mol. The Morgan fingerprint density at radius 1 is 1.21 bits per heavy atom. The minimum absolute atomic E-state index is 0.103. The molecule has 0 aromatic heterocycles. The SMILES string of the molecule is COc1ccccc1SNc1cc(OCCN(C)C)c2c(c1)C1(CCC1)C(=O)N2. The van der Waals surface area contributed by atoms with Crippen molar-refractivity contribution in [3.05, 3.63) is 42.0 Å². The average Bonchev–Trinajstić information content (AvgIpc) is 2.98. The molecular formula is C22H27N3O3S. The Bertz CT molecular complexity index is 912. The van der Waals surface area contributed by atoms with Crippen LogP contribution in [0.15, 0.2) is 41.3 Å². The fourth-order valence-corrected chi connectivity index (χ4v) is 4.58. The second-order valence-corrected chi connectivity index (χ2v) is 8.64. The number of carbonyl (C=O) groups is 1. The summed E-state index contributed by atoms with van der Waals surface area (Å²) in [6, 6.07) is 11.9. The normalized spacial score (nSPS) is 16.3. The molecule has 4 rings (SSSR count). The van der Waals surface area contributed by atoms with E-state index in [0.29, 0.717) is 6.61 Å². The number of ether oxygens (including phenoxy) is 2. The van der Waals surface area contributed by atoms with Crippen molar-refractivity contribution in [1.29, 1.82) is 0 Å². The van der Waals surface area contributed by atoms with Crippen molar-refractivity contribution in [2.24, 2.45) is 0 Å². The Balaban J connectivity index is 1.61. The topological polar surface area (TPSA) is 62.8 Å². The number of likely N-dealkylation sites (N-methyl/N-ethyl adjacent to an activating group) is 1. The van der Waals surface area contributed by atoms with Gasteiger partial charge in [-0.25, -0.2) is 0 Å². The molecular weight excluding hydrogens is 386 g/mol. The molecule has 154 valence electrons. The quantitative estimate of drug-likeness (QED) is 0.635. The van der Waals surface area contributed by atoms with Gasteiger partial charge in [-0.3, -0.25) is 4.79 Å². The van der Waals surface area contributed by atoms with E-state index in [-0.39, 0.29) is 11.3 Å². The van der Waals surface area contributed by atoms with Crippen molar-refractivity contribution in [3.63, 3.8) is 0 Å². The molecule has 0 saturated heterocycles. The summed E-state index contributed by atoms with van der Waals surface area (Å²) in [5.74, 6) is 1.65. The molecule has 2 aromatic rings. The fraction of sp³-hybridized carbons (Fsp3) is 0.409. The molecule has 0 radical (unpaired) electrons. The lowest BCUT2D eigenvalue weighted by atomic mass is 9.65. The van der Waals surface area contributed by atoms with E-state index in [0.717, 1.165) is 59.1 Å². The molecule has 29 heavy (non-hydrogen) atoms. The summed E-state index contributed by atoms with van der Waals surface area (Å²) in [6.45, 7) is 1.37. The molecule has 1 aliphatic heterocycles. The van der Waals surface area contributed by atoms with Crippen molar-refractivity contribution in [3.8, 4) is 11.5 Å². The smallest absolute Gasteiger partial charge is 0.235 e. The Morgan fingerprint density at radius 3 is 2.69 bits per heavy atom. The fourth-order valence-electron chi connectivity index (χ4n) is 3.83. The van der Waals surface area contributed by atoms with E-state index in [1.165, 1.54) is 11.9 Å². The van der Waals surface area contributed by atoms with Gasteiger partial charge in [0.25, 0.3) is 0 Å². The summed E-state index contributed by atoms with van der Waals surface area (Å²) in [5, 5.41) is 3.08. The standard InChI is InChI=1S/C22H27N3O3S/c1-25(2)11-12-28-18-14-15(24-29-19-8-5-4-7-17(19)27-3)13-16-20(18)23-21(26)22(16)9-6-10-22/h4-5,7-8,13-14,24H,6,9-12H2,1-3H3,(H,23,26). The molecule has 1 heterocycles. The van der Waals surface area contributed by atoms with Gasteiger partial charge in [-0.1, -0.05) is 18.6 Å². The van der Waals surface area contributed by atoms with Crippen LogP contribution in [0.3, 0.4) is 0 Å². The number of anilines is 2. The lowest BCUT2D eigenvalue weighted by Gasteiger charge is -2.36. The number of fused-ring (bicyclic) bond motifs is 2. The van der Waals surface area contributed by atoms with Crippen LogP contribution >= 0.6 is 11.9 Å². The molecule has 1 amide bonds. The van der Waals surface area contributed by atoms with Gasteiger partial charge in [0, 0.05) is 18.3 Å². The maximum Gasteiger partial charge on any atom is 0.235 e. The highest BCUT2D eigenvalue weighted by Crippen LogP contribution is 2.54. The number of methoxy groups -OCH3 is 1. The Morgan fingerprint density at radius 2 is 2.00 bits per heavy atom. The van der Waals surface area contributed by atoms with Gasteiger partial charge in [0.15, 0.2) is 0 Å². The molecule has 0 unspecified atom stereocenters. The van der Waals surface area contributed by atoms with Crippen LogP contribution in [-0.2, 0) is 10.2 Å². The number of carbonyl (C=O) groups excluding carboxylic acids is 1. The van der Waals surface area contributed by atoms with E-state index in [9.17, 15) is 4.79 Å². The van der Waals surface area contributed by atoms with E-state index in [2.05, 4.69) is 21.0 Å². The highest BCUT2D eigenvalue weighted by Gasteiger charge is 2.52. The molecule has 0 bridgehead atoms. The summed E-state index contributed by atoms with van der Waals surface area (Å²) < 4.78 is 14.9. The van der Waals surface area contributed by atoms with Crippen LogP contribution in [0.25, 0.3) is 0 Å². The molecule has 2 aliphatic rings. The molecule has 7 heteroatoms. The Hall–Kier alpha value is -2.38. The molecule has 1 saturated carbocycles. The number of hydrogen-bond acceptors (Lipinski definition) is 6. The average molecular weight is 414 g/mol. The molecule has 1 fully saturated rings. The van der Waals surface area contributed by atoms with Crippen LogP contribution in [-0.4, -0.2) is 45.2 Å². The summed E-state index contributed by atoms with van der Waals surface area (Å²) in [4.78, 5) is 15.8. The van der Waals surface area contributed by atoms with Crippen molar-refractivity contribution < 1.29 is 14.3 Å². The number of nitrogens with one attached hydrogen (secondary N) is 2. The van der Waals surface area contributed by atoms with Gasteiger partial charge in [0.1, 0.15) is 18.1 Å². The number of rotatable bonds is 8. The number of benzene rings is 2. The van der Waals surface area contributed by atoms with E-state index < -0.39 is 0 Å². The third kappa shape index (κ3) is 3.76. The summed E-state index contributed by atoms with van der Waals surface area (Å²) in [5.41, 5.74) is 2.42. The minimum Gasteiger partial charge on any atom is -0.496 e. The molecule has 6 nitrogen and oxygen atoms in total. The van der Waals surface area contributed by atoms with Gasteiger partial charge in [-0.15, -0.1) is 0 Å². The second kappa shape index (κ2) is 8.16. The highest BCUT2D eigenvalue weighted by molar-refractivity contribution is 8.00. The van der Waals surface area contributed by atoms with Gasteiger partial charge >= 0.3 is 0 Å². The van der Waals surface area contributed by atoms with Crippen LogP contribution in [0, 0.1) is 0 Å². The predicted molar refractivity (Wildman–Crippen MR) is 117 cm³/mol. The van der Waals surface area contributed by atoms with E-state index in [1.54, 1.807) is 7.11 Å². The van der Waals surface area contributed by atoms with Gasteiger partial charge in [-0.2, -0.15) is 0 Å². The van der Waals surface area contributed by atoms with Gasteiger partial charge < -0.3 is 24.4 Å². The third-order valence-electron chi connectivity index (χ3n) is 5.64. The minimum atomic E-state index is -0.387. The van der Waals surface area contributed by atoms with Crippen LogP contribution in [0.5, 0.6) is 11.5 Å². The first-order valence-electron chi connectivity index (χ1n) is 9.87. The zero-order chi connectivity index (χ0) is 20.4. The van der Waals surface area contributed by atoms with E-state index in [1.807, 2.05) is 44.4 Å². The summed E-state index contributed by atoms with van der Waals surface area (Å²) in [6.07, 6.45) is 2.87. The van der Waals surface area contributed by atoms with Crippen molar-refractivity contribution in [2.45, 2.75) is 29.6 Å². The molecule has 2 N–H and O–H groups in total. The number of hydrogen-bond donors (Lipinski definition) is 2. The molecule has 1 aliphatic carbocycles. The van der Waals surface area contributed by atoms with Crippen LogP contribution in [0.2, 0.25) is 0 Å². The maximum absolute atomic E-state index is 12.7. The third-order valence-corrected chi connectivity index (χ3v) is 6.54. The zero-order valence-electron chi connectivity index (χ0n) is 17.1. The van der Waals surface area contributed by atoms with Gasteiger partial charge in [0.2, 0.25) is 5.91 Å². The number of para-hydroxylation sites is 1. The largest absolute Gasteiger partial charge is 0.496 e. The van der Waals surface area contributed by atoms with E-state index >= 15 is 0 Å². The zero-order valence-corrected chi connectivity index (χ0v) is 17.9. The second-order valence-electron chi connectivity index (χ2n) is 7.79. The lowest BCUT2D eigenvalue weighted by Crippen LogP contribution is -2.40. The van der Waals surface area contributed by atoms with E-state index in [4.69, 9.17) is 9.47 Å². The highest BCUT2D eigenvalue weighted by atomic mass is 32.2. The molecule has 2 aromatic carbocycles. The van der Waals surface area contributed by atoms with Crippen LogP contribution < -0.4 is 19.5 Å². The first-order chi connectivity index (χ1) is 14.0. The van der Waals surface area contributed by atoms with Crippen LogP contribution in [0.1, 0.15) is 24.8 Å². The van der Waals surface area contributed by atoms with Crippen molar-refractivity contribution in [1.82, 2.24) is 4.90 Å². The van der Waals surface area contributed by atoms with Crippen molar-refractivity contribution >= 4 is 29.2 Å². The predicted octanol–water partition coefficient (Wildman–Crippen LogP) is 4.13. The Kier molecular flexibility index (Phi) is 5.61. The number of amides is 1. The summed E-state index contributed by atoms with van der Waals surface area (Å²) >= 11 is 1.49. The summed E-state index contributed by atoms with van der Waals surface area (Å²) in [7, 11) is 5.70. The van der Waals surface area contributed by atoms with Gasteiger partial charge in [0.05, 0.1) is 23.1 Å². The molecule has 1 spiro atoms. The first-order valence-corrected chi connectivity index (χ1v) is 10.7.